The summed E-state index contributed by atoms with van der Waals surface area (Å²) in [7, 11) is -1.21. The highest BCUT2D eigenvalue weighted by atomic mass is 32.2. The minimum absolute atomic E-state index is 0.0325. The van der Waals surface area contributed by atoms with Gasteiger partial charge in [-0.2, -0.15) is 8.42 Å². The van der Waals surface area contributed by atoms with Crippen LogP contribution in [0.3, 0.4) is 0 Å². The lowest BCUT2D eigenvalue weighted by Crippen LogP contribution is -2.09. The van der Waals surface area contributed by atoms with E-state index in [4.69, 9.17) is 18.4 Å². The first-order valence-corrected chi connectivity index (χ1v) is 10.7. The Labute approximate surface area is 183 Å². The van der Waals surface area contributed by atoms with Crippen molar-refractivity contribution in [3.63, 3.8) is 0 Å². The molecule has 32 heavy (non-hydrogen) atoms. The lowest BCUT2D eigenvalue weighted by atomic mass is 10.1. The maximum atomic E-state index is 13.1. The van der Waals surface area contributed by atoms with Crippen molar-refractivity contribution in [3.8, 4) is 23.0 Å². The van der Waals surface area contributed by atoms with Crippen LogP contribution in [0.1, 0.15) is 15.9 Å². The molecular weight excluding hydrogens is 439 g/mol. The van der Waals surface area contributed by atoms with Crippen molar-refractivity contribution in [3.05, 3.63) is 83.4 Å². The van der Waals surface area contributed by atoms with E-state index in [0.29, 0.717) is 17.1 Å². The zero-order valence-corrected chi connectivity index (χ0v) is 17.8. The second kappa shape index (κ2) is 8.35. The smallest absolute Gasteiger partial charge is 0.339 e. The second-order valence-electron chi connectivity index (χ2n) is 6.67. The number of benzene rings is 3. The minimum Gasteiger partial charge on any atom is -0.493 e. The van der Waals surface area contributed by atoms with Crippen molar-refractivity contribution in [1.29, 1.82) is 0 Å². The van der Waals surface area contributed by atoms with Crippen molar-refractivity contribution >= 4 is 22.0 Å². The van der Waals surface area contributed by atoms with E-state index in [1.165, 1.54) is 38.5 Å². The fraction of sp³-hybridized carbons (Fsp3) is 0.0870. The highest BCUT2D eigenvalue weighted by molar-refractivity contribution is 7.87. The van der Waals surface area contributed by atoms with Gasteiger partial charge in [0.1, 0.15) is 22.2 Å². The molecule has 0 radical (unpaired) electrons. The average Bonchev–Trinajstić information content (AvgIpc) is 3.08. The highest BCUT2D eigenvalue weighted by Gasteiger charge is 2.29. The Morgan fingerprint density at radius 2 is 1.72 bits per heavy atom. The predicted molar refractivity (Wildman–Crippen MR) is 113 cm³/mol. The molecular formula is C23H17FO7S. The molecule has 7 nitrogen and oxygen atoms in total. The third-order valence-electron chi connectivity index (χ3n) is 4.67. The van der Waals surface area contributed by atoms with Crippen molar-refractivity contribution < 1.29 is 36.0 Å². The summed E-state index contributed by atoms with van der Waals surface area (Å²) in [6.07, 6.45) is 1.51. The first-order chi connectivity index (χ1) is 15.3. The van der Waals surface area contributed by atoms with Gasteiger partial charge in [0.05, 0.1) is 19.8 Å². The quantitative estimate of drug-likeness (QED) is 0.405. The van der Waals surface area contributed by atoms with Gasteiger partial charge in [-0.3, -0.25) is 4.79 Å². The number of Topliss-reactive ketones (excluding diaryl/α,β-unsaturated/α-hetero) is 1. The molecule has 1 aliphatic rings. The molecule has 4 rings (SSSR count). The van der Waals surface area contributed by atoms with Gasteiger partial charge in [0.25, 0.3) is 0 Å². The molecule has 1 aliphatic heterocycles. The van der Waals surface area contributed by atoms with Gasteiger partial charge in [0.2, 0.25) is 5.78 Å². The molecule has 0 aliphatic carbocycles. The van der Waals surface area contributed by atoms with Crippen LogP contribution in [0.4, 0.5) is 4.39 Å². The molecule has 3 aromatic rings. The van der Waals surface area contributed by atoms with E-state index < -0.39 is 15.9 Å². The normalized spacial score (nSPS) is 14.1. The molecule has 0 amide bonds. The van der Waals surface area contributed by atoms with Gasteiger partial charge in [-0.05, 0) is 48.5 Å². The van der Waals surface area contributed by atoms with E-state index >= 15 is 0 Å². The molecule has 3 aromatic carbocycles. The number of para-hydroxylation sites is 1. The predicted octanol–water partition coefficient (Wildman–Crippen LogP) is 4.23. The molecule has 0 unspecified atom stereocenters. The van der Waals surface area contributed by atoms with Crippen LogP contribution < -0.4 is 18.4 Å². The Bertz CT molecular complexity index is 1330. The van der Waals surface area contributed by atoms with Gasteiger partial charge in [-0.15, -0.1) is 0 Å². The molecule has 0 saturated heterocycles. The SMILES string of the molecule is COc1cccc(/C=C2\Oc3cc(OS(=O)(=O)c4ccc(F)cc4)ccc3C2=O)c1OC. The van der Waals surface area contributed by atoms with Gasteiger partial charge in [-0.1, -0.05) is 12.1 Å². The van der Waals surface area contributed by atoms with Crippen LogP contribution in [0.5, 0.6) is 23.0 Å². The summed E-state index contributed by atoms with van der Waals surface area (Å²) in [5.41, 5.74) is 0.822. The maximum Gasteiger partial charge on any atom is 0.339 e. The summed E-state index contributed by atoms with van der Waals surface area (Å²) in [6, 6.07) is 13.5. The van der Waals surface area contributed by atoms with Crippen LogP contribution in [0, 0.1) is 5.82 Å². The lowest BCUT2D eigenvalue weighted by Gasteiger charge is -2.10. The number of ether oxygens (including phenoxy) is 3. The zero-order chi connectivity index (χ0) is 22.9. The number of ketones is 1. The minimum atomic E-state index is -4.19. The Morgan fingerprint density at radius 3 is 2.41 bits per heavy atom. The van der Waals surface area contributed by atoms with E-state index in [1.54, 1.807) is 18.2 Å². The van der Waals surface area contributed by atoms with Gasteiger partial charge in [-0.25, -0.2) is 4.39 Å². The molecule has 0 N–H and O–H groups in total. The van der Waals surface area contributed by atoms with Gasteiger partial charge < -0.3 is 18.4 Å². The van der Waals surface area contributed by atoms with E-state index in [2.05, 4.69) is 0 Å². The first kappa shape index (κ1) is 21.4. The number of methoxy groups -OCH3 is 2. The number of fused-ring (bicyclic) bond motifs is 1. The summed E-state index contributed by atoms with van der Waals surface area (Å²) in [5.74, 6) is 0.107. The number of hydrogen-bond acceptors (Lipinski definition) is 7. The van der Waals surface area contributed by atoms with Crippen LogP contribution in [0.15, 0.2) is 71.3 Å². The lowest BCUT2D eigenvalue weighted by molar-refractivity contribution is 0.101. The van der Waals surface area contributed by atoms with E-state index in [9.17, 15) is 17.6 Å². The molecule has 0 saturated carbocycles. The second-order valence-corrected chi connectivity index (χ2v) is 8.22. The number of rotatable bonds is 6. The standard InChI is InChI=1S/C23H17FO7S/c1-28-19-5-3-4-14(23(19)29-2)12-21-22(25)18-11-8-16(13-20(18)30-21)31-32(26,27)17-9-6-15(24)7-10-17/h3-13H,1-2H3/b21-12-. The molecule has 9 heteroatoms. The van der Waals surface area contributed by atoms with Crippen molar-refractivity contribution in [1.82, 2.24) is 0 Å². The number of halogens is 1. The Morgan fingerprint density at radius 1 is 0.969 bits per heavy atom. The molecule has 0 atom stereocenters. The van der Waals surface area contributed by atoms with Gasteiger partial charge >= 0.3 is 10.1 Å². The fourth-order valence-corrected chi connectivity index (χ4v) is 4.08. The van der Waals surface area contributed by atoms with Crippen LogP contribution in [-0.4, -0.2) is 28.4 Å². The first-order valence-electron chi connectivity index (χ1n) is 9.32. The summed E-state index contributed by atoms with van der Waals surface area (Å²) in [5, 5.41) is 0. The average molecular weight is 456 g/mol. The summed E-state index contributed by atoms with van der Waals surface area (Å²) < 4.78 is 59.3. The van der Waals surface area contributed by atoms with Crippen LogP contribution in [0.2, 0.25) is 0 Å². The molecule has 1 heterocycles. The molecule has 0 spiro atoms. The van der Waals surface area contributed by atoms with Crippen molar-refractivity contribution in [2.24, 2.45) is 0 Å². The van der Waals surface area contributed by atoms with Gasteiger partial charge in [0.15, 0.2) is 17.3 Å². The molecule has 0 fully saturated rings. The number of carbonyl (C=O) groups is 1. The highest BCUT2D eigenvalue weighted by Crippen LogP contribution is 2.38. The van der Waals surface area contributed by atoms with Crippen LogP contribution in [0.25, 0.3) is 6.08 Å². The number of carbonyl (C=O) groups excluding carboxylic acids is 1. The third kappa shape index (κ3) is 4.02. The topological polar surface area (TPSA) is 88.1 Å². The molecule has 164 valence electrons. The fourth-order valence-electron chi connectivity index (χ4n) is 3.16. The van der Waals surface area contributed by atoms with Crippen LogP contribution in [-0.2, 0) is 10.1 Å². The number of hydrogen-bond donors (Lipinski definition) is 0. The monoisotopic (exact) mass is 456 g/mol. The summed E-state index contributed by atoms with van der Waals surface area (Å²) >= 11 is 0. The third-order valence-corrected chi connectivity index (χ3v) is 5.93. The summed E-state index contributed by atoms with van der Waals surface area (Å²) in [6.45, 7) is 0. The van der Waals surface area contributed by atoms with Gasteiger partial charge in [0, 0.05) is 11.6 Å². The summed E-state index contributed by atoms with van der Waals surface area (Å²) in [4.78, 5) is 12.5. The Balaban J connectivity index is 1.62. The largest absolute Gasteiger partial charge is 0.493 e. The Kier molecular flexibility index (Phi) is 5.58. The van der Waals surface area contributed by atoms with Crippen molar-refractivity contribution in [2.75, 3.05) is 14.2 Å². The maximum absolute atomic E-state index is 13.1. The van der Waals surface area contributed by atoms with E-state index in [1.807, 2.05) is 0 Å². The Hall–Kier alpha value is -3.85. The van der Waals surface area contributed by atoms with Crippen LogP contribution >= 0.6 is 0 Å². The van der Waals surface area contributed by atoms with Crippen molar-refractivity contribution in [2.45, 2.75) is 4.90 Å². The zero-order valence-electron chi connectivity index (χ0n) is 17.0. The molecule has 0 aromatic heterocycles. The van der Waals surface area contributed by atoms with E-state index in [0.717, 1.165) is 24.3 Å². The van der Waals surface area contributed by atoms with E-state index in [-0.39, 0.29) is 33.5 Å². The molecule has 0 bridgehead atoms. The number of allylic oxidation sites excluding steroid dienone is 1.